The average molecular weight is 247 g/mol. The smallest absolute Gasteiger partial charge is 0.299 e. The summed E-state index contributed by atoms with van der Waals surface area (Å²) in [7, 11) is 1.46. The summed E-state index contributed by atoms with van der Waals surface area (Å²) >= 11 is 0. The molecule has 0 aliphatic heterocycles. The highest BCUT2D eigenvalue weighted by Crippen LogP contribution is 2.07. The Kier molecular flexibility index (Phi) is 3.22. The van der Waals surface area contributed by atoms with Crippen LogP contribution >= 0.6 is 0 Å². The molecule has 2 heterocycles. The van der Waals surface area contributed by atoms with Gasteiger partial charge in [0, 0.05) is 11.8 Å². The first-order valence-corrected chi connectivity index (χ1v) is 5.29. The Balaban J connectivity index is 2.39. The van der Waals surface area contributed by atoms with Crippen LogP contribution < -0.4 is 16.0 Å². The van der Waals surface area contributed by atoms with Crippen LogP contribution in [0, 0.1) is 6.92 Å². The molecule has 0 saturated heterocycles. The summed E-state index contributed by atoms with van der Waals surface area (Å²) in [6.07, 6.45) is 2.95. The van der Waals surface area contributed by atoms with Gasteiger partial charge >= 0.3 is 0 Å². The molecule has 0 atom stereocenters. The van der Waals surface area contributed by atoms with Crippen molar-refractivity contribution in [1.82, 2.24) is 19.5 Å². The number of nitrogen functional groups attached to an aromatic ring is 1. The lowest BCUT2D eigenvalue weighted by Gasteiger charge is -2.10. The molecule has 0 saturated carbocycles. The van der Waals surface area contributed by atoms with Crippen molar-refractivity contribution in [3.8, 4) is 6.01 Å². The molecule has 94 valence electrons. The van der Waals surface area contributed by atoms with Gasteiger partial charge in [-0.1, -0.05) is 0 Å². The van der Waals surface area contributed by atoms with Crippen LogP contribution in [-0.2, 0) is 6.54 Å². The Hall–Kier alpha value is -2.44. The number of rotatable bonds is 3. The van der Waals surface area contributed by atoms with Crippen molar-refractivity contribution < 1.29 is 4.74 Å². The first-order chi connectivity index (χ1) is 8.60. The molecule has 7 heteroatoms. The van der Waals surface area contributed by atoms with Crippen molar-refractivity contribution in [2.45, 2.75) is 13.5 Å². The maximum absolute atomic E-state index is 11.9. The molecule has 2 N–H and O–H groups in total. The third-order valence-electron chi connectivity index (χ3n) is 2.33. The van der Waals surface area contributed by atoms with Gasteiger partial charge in [-0.3, -0.25) is 14.3 Å². The van der Waals surface area contributed by atoms with Crippen LogP contribution in [-0.4, -0.2) is 26.6 Å². The molecule has 0 amide bonds. The maximum Gasteiger partial charge on any atom is 0.299 e. The van der Waals surface area contributed by atoms with E-state index in [2.05, 4.69) is 15.0 Å². The molecule has 0 aliphatic carbocycles. The van der Waals surface area contributed by atoms with Crippen LogP contribution in [0.5, 0.6) is 6.01 Å². The van der Waals surface area contributed by atoms with E-state index >= 15 is 0 Å². The molecule has 0 radical (unpaired) electrons. The summed E-state index contributed by atoms with van der Waals surface area (Å²) in [5.41, 5.74) is 6.46. The summed E-state index contributed by atoms with van der Waals surface area (Å²) in [6, 6.07) is 1.69. The van der Waals surface area contributed by atoms with Gasteiger partial charge in [0.2, 0.25) is 0 Å². The number of aryl methyl sites for hydroxylation is 1. The third-order valence-corrected chi connectivity index (χ3v) is 2.33. The molecule has 2 aromatic rings. The van der Waals surface area contributed by atoms with Crippen molar-refractivity contribution >= 4 is 5.82 Å². The fraction of sp³-hybridized carbons (Fsp3) is 0.273. The van der Waals surface area contributed by atoms with Gasteiger partial charge in [-0.2, -0.15) is 0 Å². The van der Waals surface area contributed by atoms with E-state index in [4.69, 9.17) is 10.5 Å². The van der Waals surface area contributed by atoms with Crippen LogP contribution in [0.2, 0.25) is 0 Å². The van der Waals surface area contributed by atoms with Crippen LogP contribution in [0.3, 0.4) is 0 Å². The minimum Gasteiger partial charge on any atom is -0.468 e. The van der Waals surface area contributed by atoms with Gasteiger partial charge in [0.15, 0.2) is 0 Å². The molecule has 2 rings (SSSR count). The SMILES string of the molecule is COc1nc(C)cc(=O)n1Cc1cnc(N)cn1. The van der Waals surface area contributed by atoms with Gasteiger partial charge in [0.1, 0.15) is 5.82 Å². The van der Waals surface area contributed by atoms with E-state index in [-0.39, 0.29) is 18.1 Å². The quantitative estimate of drug-likeness (QED) is 0.818. The molecular weight excluding hydrogens is 234 g/mol. The fourth-order valence-corrected chi connectivity index (χ4v) is 1.50. The van der Waals surface area contributed by atoms with Gasteiger partial charge < -0.3 is 10.5 Å². The van der Waals surface area contributed by atoms with Gasteiger partial charge in [0.05, 0.1) is 31.7 Å². The van der Waals surface area contributed by atoms with Crippen molar-refractivity contribution in [3.63, 3.8) is 0 Å². The zero-order chi connectivity index (χ0) is 13.1. The van der Waals surface area contributed by atoms with Gasteiger partial charge in [-0.15, -0.1) is 0 Å². The van der Waals surface area contributed by atoms with E-state index in [1.54, 1.807) is 6.92 Å². The Morgan fingerprint density at radius 1 is 1.39 bits per heavy atom. The Labute approximate surface area is 103 Å². The van der Waals surface area contributed by atoms with E-state index in [0.29, 0.717) is 17.2 Å². The Bertz CT molecular complexity index is 606. The first kappa shape index (κ1) is 12.0. The summed E-state index contributed by atoms with van der Waals surface area (Å²) in [5.74, 6) is 0.333. The van der Waals surface area contributed by atoms with Crippen LogP contribution in [0.4, 0.5) is 5.82 Å². The van der Waals surface area contributed by atoms with E-state index in [1.165, 1.54) is 30.1 Å². The Morgan fingerprint density at radius 3 is 2.78 bits per heavy atom. The fourth-order valence-electron chi connectivity index (χ4n) is 1.50. The number of hydrogen-bond donors (Lipinski definition) is 1. The number of nitrogens with two attached hydrogens (primary N) is 1. The third kappa shape index (κ3) is 2.45. The van der Waals surface area contributed by atoms with Gasteiger partial charge in [0.25, 0.3) is 11.6 Å². The molecule has 0 aromatic carbocycles. The van der Waals surface area contributed by atoms with Gasteiger partial charge in [-0.25, -0.2) is 9.97 Å². The lowest BCUT2D eigenvalue weighted by Crippen LogP contribution is -2.23. The monoisotopic (exact) mass is 247 g/mol. The van der Waals surface area contributed by atoms with E-state index in [1.807, 2.05) is 0 Å². The summed E-state index contributed by atoms with van der Waals surface area (Å²) in [4.78, 5) is 24.0. The zero-order valence-corrected chi connectivity index (χ0v) is 10.1. The number of hydrogen-bond acceptors (Lipinski definition) is 6. The van der Waals surface area contributed by atoms with Crippen molar-refractivity contribution in [2.75, 3.05) is 12.8 Å². The van der Waals surface area contributed by atoms with Crippen molar-refractivity contribution in [2.24, 2.45) is 0 Å². The number of aromatic nitrogens is 4. The number of nitrogens with zero attached hydrogens (tertiary/aromatic N) is 4. The van der Waals surface area contributed by atoms with E-state index in [0.717, 1.165) is 0 Å². The minimum absolute atomic E-state index is 0.196. The summed E-state index contributed by atoms with van der Waals surface area (Å²) < 4.78 is 6.46. The lowest BCUT2D eigenvalue weighted by atomic mass is 10.4. The van der Waals surface area contributed by atoms with Crippen LogP contribution in [0.1, 0.15) is 11.4 Å². The summed E-state index contributed by atoms with van der Waals surface area (Å²) in [6.45, 7) is 1.97. The highest BCUT2D eigenvalue weighted by atomic mass is 16.5. The number of ether oxygens (including phenoxy) is 1. The molecule has 2 aromatic heterocycles. The summed E-state index contributed by atoms with van der Waals surface area (Å²) in [5, 5.41) is 0. The van der Waals surface area contributed by atoms with Crippen molar-refractivity contribution in [3.05, 3.63) is 40.2 Å². The molecule has 18 heavy (non-hydrogen) atoms. The minimum atomic E-state index is -0.196. The number of methoxy groups -OCH3 is 1. The normalized spacial score (nSPS) is 10.3. The van der Waals surface area contributed by atoms with Gasteiger partial charge in [-0.05, 0) is 6.92 Å². The second-order valence-corrected chi connectivity index (χ2v) is 3.74. The Morgan fingerprint density at radius 2 is 2.17 bits per heavy atom. The molecule has 0 unspecified atom stereocenters. The van der Waals surface area contributed by atoms with Crippen LogP contribution in [0.15, 0.2) is 23.3 Å². The number of anilines is 1. The molecule has 0 aliphatic rings. The molecule has 0 spiro atoms. The first-order valence-electron chi connectivity index (χ1n) is 5.29. The molecule has 0 fully saturated rings. The molecule has 0 bridgehead atoms. The predicted octanol–water partition coefficient (Wildman–Crippen LogP) is -0.0192. The second-order valence-electron chi connectivity index (χ2n) is 3.74. The second kappa shape index (κ2) is 4.82. The highest BCUT2D eigenvalue weighted by molar-refractivity contribution is 5.23. The topological polar surface area (TPSA) is 95.9 Å². The molecule has 7 nitrogen and oxygen atoms in total. The maximum atomic E-state index is 11.9. The average Bonchev–Trinajstić information content (AvgIpc) is 2.34. The van der Waals surface area contributed by atoms with Crippen molar-refractivity contribution in [1.29, 1.82) is 0 Å². The lowest BCUT2D eigenvalue weighted by molar-refractivity contribution is 0.349. The molecular formula is C11H13N5O2. The largest absolute Gasteiger partial charge is 0.468 e. The highest BCUT2D eigenvalue weighted by Gasteiger charge is 2.08. The van der Waals surface area contributed by atoms with E-state index in [9.17, 15) is 4.79 Å². The van der Waals surface area contributed by atoms with E-state index < -0.39 is 0 Å². The predicted molar refractivity (Wildman–Crippen MR) is 65.3 cm³/mol. The standard InChI is InChI=1S/C11H13N5O2/c1-7-3-10(17)16(11(15-7)18-2)6-8-4-14-9(12)5-13-8/h3-5H,6H2,1-2H3,(H2,12,14). The zero-order valence-electron chi connectivity index (χ0n) is 10.1. The van der Waals surface area contributed by atoms with Crippen LogP contribution in [0.25, 0.3) is 0 Å².